The molecule has 3 fully saturated rings. The molecule has 1 heteroatoms. The number of hydrogen-bond acceptors (Lipinski definition) is 1. The van der Waals surface area contributed by atoms with Gasteiger partial charge in [-0.05, 0) is 90.8 Å². The van der Waals surface area contributed by atoms with Gasteiger partial charge in [0.25, 0.3) is 0 Å². The lowest BCUT2D eigenvalue weighted by Crippen LogP contribution is -2.49. The summed E-state index contributed by atoms with van der Waals surface area (Å²) < 4.78 is 0. The van der Waals surface area contributed by atoms with Crippen LogP contribution in [0.5, 0.6) is 0 Å². The van der Waals surface area contributed by atoms with E-state index in [2.05, 4.69) is 59.8 Å². The van der Waals surface area contributed by atoms with Crippen molar-refractivity contribution < 1.29 is 4.79 Å². The smallest absolute Gasteiger partial charge is 0.133 e. The minimum Gasteiger partial charge on any atom is -0.300 e. The second-order valence-corrected chi connectivity index (χ2v) is 12.1. The quantitative estimate of drug-likeness (QED) is 0.447. The van der Waals surface area contributed by atoms with Crippen LogP contribution in [0.2, 0.25) is 0 Å². The van der Waals surface area contributed by atoms with Crippen LogP contribution in [0.1, 0.15) is 92.9 Å². The molecular weight excluding hydrogens is 352 g/mol. The normalized spacial score (nSPS) is 44.2. The minimum atomic E-state index is 0.385. The molecular formula is C28H44O. The molecule has 1 unspecified atom stereocenters. The van der Waals surface area contributed by atoms with E-state index < -0.39 is 0 Å². The number of fused-ring (bicyclic) bond motifs is 5. The maximum absolute atomic E-state index is 12.1. The molecule has 0 aromatic rings. The van der Waals surface area contributed by atoms with Crippen LogP contribution in [0.3, 0.4) is 0 Å². The Labute approximate surface area is 179 Å². The molecule has 162 valence electrons. The van der Waals surface area contributed by atoms with Crippen molar-refractivity contribution in [2.24, 2.45) is 52.3 Å². The summed E-state index contributed by atoms with van der Waals surface area (Å²) in [7, 11) is 0. The van der Waals surface area contributed by atoms with Crippen molar-refractivity contribution in [3.05, 3.63) is 23.8 Å². The van der Waals surface area contributed by atoms with Gasteiger partial charge in [0.2, 0.25) is 0 Å². The molecule has 1 nitrogen and oxygen atoms in total. The van der Waals surface area contributed by atoms with Crippen LogP contribution in [-0.4, -0.2) is 5.78 Å². The van der Waals surface area contributed by atoms with Gasteiger partial charge < -0.3 is 0 Å². The number of Topliss-reactive ketones (excluding diaryl/α,β-unsaturated/α-hetero) is 1. The van der Waals surface area contributed by atoms with Crippen molar-refractivity contribution in [3.63, 3.8) is 0 Å². The molecule has 8 atom stereocenters. The highest BCUT2D eigenvalue weighted by Gasteiger charge is 2.57. The van der Waals surface area contributed by atoms with E-state index in [0.717, 1.165) is 49.4 Å². The largest absolute Gasteiger partial charge is 0.300 e. The fourth-order valence-corrected chi connectivity index (χ4v) is 7.91. The first kappa shape index (κ1) is 21.4. The fourth-order valence-electron chi connectivity index (χ4n) is 7.91. The van der Waals surface area contributed by atoms with Gasteiger partial charge in [-0.3, -0.25) is 4.79 Å². The van der Waals surface area contributed by atoms with Crippen molar-refractivity contribution in [2.45, 2.75) is 92.9 Å². The summed E-state index contributed by atoms with van der Waals surface area (Å²) >= 11 is 0. The Morgan fingerprint density at radius 1 is 0.966 bits per heavy atom. The molecule has 0 amide bonds. The molecule has 0 aliphatic heterocycles. The first-order valence-corrected chi connectivity index (χ1v) is 12.6. The average Bonchev–Trinajstić information content (AvgIpc) is 3.03. The van der Waals surface area contributed by atoms with Crippen molar-refractivity contribution in [3.8, 4) is 0 Å². The molecule has 4 rings (SSSR count). The van der Waals surface area contributed by atoms with E-state index in [1.54, 1.807) is 0 Å². The number of allylic oxidation sites excluding steroid dienone is 4. The van der Waals surface area contributed by atoms with Gasteiger partial charge in [0, 0.05) is 12.8 Å². The van der Waals surface area contributed by atoms with Crippen LogP contribution in [0, 0.1) is 52.3 Å². The van der Waals surface area contributed by atoms with Gasteiger partial charge in [-0.2, -0.15) is 0 Å². The minimum absolute atomic E-state index is 0.385. The predicted molar refractivity (Wildman–Crippen MR) is 123 cm³/mol. The van der Waals surface area contributed by atoms with E-state index in [-0.39, 0.29) is 0 Å². The zero-order chi connectivity index (χ0) is 21.0. The van der Waals surface area contributed by atoms with E-state index in [9.17, 15) is 4.79 Å². The molecule has 3 saturated carbocycles. The van der Waals surface area contributed by atoms with E-state index in [1.807, 2.05) is 5.57 Å². The zero-order valence-electron chi connectivity index (χ0n) is 19.8. The maximum Gasteiger partial charge on any atom is 0.133 e. The predicted octanol–water partition coefficient (Wildman–Crippen LogP) is 7.62. The van der Waals surface area contributed by atoms with Crippen LogP contribution >= 0.6 is 0 Å². The van der Waals surface area contributed by atoms with Crippen LogP contribution in [0.25, 0.3) is 0 Å². The number of ketones is 1. The van der Waals surface area contributed by atoms with Gasteiger partial charge in [0.1, 0.15) is 5.78 Å². The molecule has 4 aliphatic carbocycles. The Bertz CT molecular complexity index is 699. The van der Waals surface area contributed by atoms with Gasteiger partial charge >= 0.3 is 0 Å². The molecule has 0 N–H and O–H groups in total. The third kappa shape index (κ3) is 3.49. The summed E-state index contributed by atoms with van der Waals surface area (Å²) in [5.41, 5.74) is 2.68. The second kappa shape index (κ2) is 7.69. The Kier molecular flexibility index (Phi) is 5.67. The topological polar surface area (TPSA) is 17.1 Å². The number of carbonyl (C=O) groups is 1. The van der Waals surface area contributed by atoms with Crippen molar-refractivity contribution >= 4 is 5.78 Å². The fraction of sp³-hybridized carbons (Fsp3) is 0.821. The summed E-state index contributed by atoms with van der Waals surface area (Å²) in [5.74, 6) is 5.57. The van der Waals surface area contributed by atoms with E-state index in [0.29, 0.717) is 34.4 Å². The Balaban J connectivity index is 1.55. The zero-order valence-corrected chi connectivity index (χ0v) is 19.8. The summed E-state index contributed by atoms with van der Waals surface area (Å²) in [6, 6.07) is 0. The molecule has 0 bridgehead atoms. The van der Waals surface area contributed by atoms with E-state index in [4.69, 9.17) is 0 Å². The monoisotopic (exact) mass is 396 g/mol. The first-order chi connectivity index (χ1) is 13.7. The van der Waals surface area contributed by atoms with E-state index >= 15 is 0 Å². The molecule has 4 aliphatic rings. The summed E-state index contributed by atoms with van der Waals surface area (Å²) in [6.45, 7) is 14.7. The third-order valence-electron chi connectivity index (χ3n) is 10.4. The van der Waals surface area contributed by atoms with Gasteiger partial charge in [-0.15, -0.1) is 0 Å². The van der Waals surface area contributed by atoms with E-state index in [1.165, 1.54) is 25.7 Å². The summed E-state index contributed by atoms with van der Waals surface area (Å²) in [6.07, 6.45) is 17.2. The summed E-state index contributed by atoms with van der Waals surface area (Å²) in [5, 5.41) is 0. The van der Waals surface area contributed by atoms with Crippen molar-refractivity contribution in [1.82, 2.24) is 0 Å². The molecule has 0 spiro atoms. The number of hydrogen-bond donors (Lipinski definition) is 0. The SMILES string of the molecule is CC(C)[C@H](C)C=C[C@@H](C)[C@H]1CC[C@H]2C3=CCC4CC(=O)CC[C@]4(C)[C@H]3CC[C@]12C. The number of rotatable bonds is 4. The van der Waals surface area contributed by atoms with Crippen LogP contribution < -0.4 is 0 Å². The van der Waals surface area contributed by atoms with Gasteiger partial charge in [-0.1, -0.05) is 65.3 Å². The standard InChI is InChI=1S/C28H44O/c1-18(2)19(3)7-8-20(4)24-11-12-25-23-10-9-21-17-22(29)13-15-27(21,5)26(23)14-16-28(24,25)6/h7-8,10,18-21,24-26H,9,11-17H2,1-6H3/t19-,20-,21?,24-,25+,26+,27+,28-/m1/s1. The Hall–Kier alpha value is -0.850. The van der Waals surface area contributed by atoms with Gasteiger partial charge in [0.05, 0.1) is 0 Å². The Morgan fingerprint density at radius 2 is 1.69 bits per heavy atom. The lowest BCUT2D eigenvalue weighted by Gasteiger charge is -2.57. The van der Waals surface area contributed by atoms with Gasteiger partial charge in [0.15, 0.2) is 0 Å². The van der Waals surface area contributed by atoms with Crippen LogP contribution in [0.15, 0.2) is 23.8 Å². The maximum atomic E-state index is 12.1. The van der Waals surface area contributed by atoms with Crippen molar-refractivity contribution in [1.29, 1.82) is 0 Å². The molecule has 0 aromatic heterocycles. The second-order valence-electron chi connectivity index (χ2n) is 12.1. The molecule has 0 saturated heterocycles. The van der Waals surface area contributed by atoms with Crippen LogP contribution in [0.4, 0.5) is 0 Å². The highest BCUT2D eigenvalue weighted by Crippen LogP contribution is 2.66. The molecule has 29 heavy (non-hydrogen) atoms. The van der Waals surface area contributed by atoms with Crippen molar-refractivity contribution in [2.75, 3.05) is 0 Å². The summed E-state index contributed by atoms with van der Waals surface area (Å²) in [4.78, 5) is 12.1. The number of carbonyl (C=O) groups excluding carboxylic acids is 1. The molecule has 0 aromatic carbocycles. The lowest BCUT2D eigenvalue weighted by atomic mass is 9.48. The lowest BCUT2D eigenvalue weighted by molar-refractivity contribution is -0.127. The molecule has 0 radical (unpaired) electrons. The molecule has 0 heterocycles. The van der Waals surface area contributed by atoms with Gasteiger partial charge in [-0.25, -0.2) is 0 Å². The third-order valence-corrected chi connectivity index (χ3v) is 10.4. The van der Waals surface area contributed by atoms with Crippen LogP contribution in [-0.2, 0) is 4.79 Å². The highest BCUT2D eigenvalue weighted by atomic mass is 16.1. The highest BCUT2D eigenvalue weighted by molar-refractivity contribution is 5.79. The average molecular weight is 397 g/mol. The first-order valence-electron chi connectivity index (χ1n) is 12.6. The Morgan fingerprint density at radius 3 is 2.41 bits per heavy atom.